The normalized spacial score (nSPS) is 15.1. The van der Waals surface area contributed by atoms with Gasteiger partial charge in [-0.2, -0.15) is 0 Å². The van der Waals surface area contributed by atoms with Crippen LogP contribution in [-0.2, 0) is 17.2 Å². The minimum Gasteiger partial charge on any atom is -0.469 e. The van der Waals surface area contributed by atoms with Crippen LogP contribution in [0.1, 0.15) is 19.1 Å². The maximum absolute atomic E-state index is 10.8. The average molecular weight is 229 g/mol. The quantitative estimate of drug-likeness (QED) is 0.722. The number of rotatable bonds is 7. The van der Waals surface area contributed by atoms with Gasteiger partial charge in [-0.1, -0.05) is 0 Å². The molecule has 0 saturated heterocycles. The summed E-state index contributed by atoms with van der Waals surface area (Å²) < 4.78 is 16.1. The molecule has 0 amide bonds. The van der Waals surface area contributed by atoms with Gasteiger partial charge in [-0.05, 0) is 32.0 Å². The van der Waals surface area contributed by atoms with Gasteiger partial charge in [-0.25, -0.2) is 0 Å². The molecule has 1 aromatic heterocycles. The predicted octanol–water partition coefficient (Wildman–Crippen LogP) is 1.57. The molecular weight excluding hydrogens is 210 g/mol. The summed E-state index contributed by atoms with van der Waals surface area (Å²) in [5, 5.41) is 3.38. The van der Waals surface area contributed by atoms with Crippen LogP contribution in [-0.4, -0.2) is 28.8 Å². The van der Waals surface area contributed by atoms with Crippen molar-refractivity contribution in [1.29, 1.82) is 0 Å². The summed E-state index contributed by atoms with van der Waals surface area (Å²) in [5.41, 5.74) is 0. The van der Waals surface area contributed by atoms with Crippen LogP contribution in [0.3, 0.4) is 0 Å². The largest absolute Gasteiger partial charge is 0.469 e. The molecule has 2 atom stereocenters. The molecule has 0 saturated carbocycles. The fourth-order valence-corrected chi connectivity index (χ4v) is 1.98. The summed E-state index contributed by atoms with van der Waals surface area (Å²) in [5.74, 6) is 1.79. The van der Waals surface area contributed by atoms with E-state index in [0.29, 0.717) is 6.04 Å². The molecule has 4 heteroatoms. The van der Waals surface area contributed by atoms with Gasteiger partial charge >= 0.3 is 0 Å². The summed E-state index contributed by atoms with van der Waals surface area (Å²) in [6, 6.07) is 4.29. The van der Waals surface area contributed by atoms with Crippen molar-refractivity contribution < 1.29 is 8.63 Å². The van der Waals surface area contributed by atoms with Crippen LogP contribution in [0.5, 0.6) is 0 Å². The van der Waals surface area contributed by atoms with Gasteiger partial charge in [0.15, 0.2) is 0 Å². The first kappa shape index (κ1) is 12.5. The van der Waals surface area contributed by atoms with Gasteiger partial charge in [0.05, 0.1) is 6.26 Å². The van der Waals surface area contributed by atoms with Crippen LogP contribution in [0, 0.1) is 0 Å². The zero-order valence-electron chi connectivity index (χ0n) is 9.36. The van der Waals surface area contributed by atoms with Crippen molar-refractivity contribution >= 4 is 10.8 Å². The summed E-state index contributed by atoms with van der Waals surface area (Å²) in [4.78, 5) is 0. The molecular formula is C11H19NO2S. The topological polar surface area (TPSA) is 42.2 Å². The van der Waals surface area contributed by atoms with Crippen LogP contribution in [0.2, 0.25) is 0 Å². The van der Waals surface area contributed by atoms with Gasteiger partial charge in [0, 0.05) is 35.3 Å². The van der Waals surface area contributed by atoms with Gasteiger partial charge < -0.3 is 9.73 Å². The van der Waals surface area contributed by atoms with E-state index in [2.05, 4.69) is 12.2 Å². The molecule has 1 rings (SSSR count). The number of nitrogens with one attached hydrogen (secondary N) is 1. The zero-order chi connectivity index (χ0) is 11.1. The number of hydrogen-bond acceptors (Lipinski definition) is 3. The van der Waals surface area contributed by atoms with E-state index < -0.39 is 10.8 Å². The first-order chi connectivity index (χ1) is 7.18. The van der Waals surface area contributed by atoms with E-state index in [1.165, 1.54) is 0 Å². The second-order valence-electron chi connectivity index (χ2n) is 3.77. The zero-order valence-corrected chi connectivity index (χ0v) is 10.2. The van der Waals surface area contributed by atoms with E-state index in [0.717, 1.165) is 30.9 Å². The molecule has 0 aliphatic rings. The third kappa shape index (κ3) is 5.74. The Morgan fingerprint density at radius 1 is 1.60 bits per heavy atom. The van der Waals surface area contributed by atoms with Crippen molar-refractivity contribution in [2.75, 3.05) is 18.6 Å². The van der Waals surface area contributed by atoms with Crippen LogP contribution in [0.15, 0.2) is 22.8 Å². The van der Waals surface area contributed by atoms with Gasteiger partial charge in [0.1, 0.15) is 5.76 Å². The lowest BCUT2D eigenvalue weighted by atomic mass is 10.2. The first-order valence-electron chi connectivity index (χ1n) is 5.24. The Morgan fingerprint density at radius 3 is 3.00 bits per heavy atom. The monoisotopic (exact) mass is 229 g/mol. The highest BCUT2D eigenvalue weighted by Crippen LogP contribution is 2.03. The molecule has 0 spiro atoms. The molecule has 0 radical (unpaired) electrons. The summed E-state index contributed by atoms with van der Waals surface area (Å²) in [7, 11) is -0.670. The van der Waals surface area contributed by atoms with Gasteiger partial charge in [-0.15, -0.1) is 0 Å². The van der Waals surface area contributed by atoms with Crippen molar-refractivity contribution in [1.82, 2.24) is 5.32 Å². The molecule has 0 aliphatic carbocycles. The Kier molecular flexibility index (Phi) is 5.65. The fraction of sp³-hybridized carbons (Fsp3) is 0.636. The highest BCUT2D eigenvalue weighted by Gasteiger charge is 2.04. The Morgan fingerprint density at radius 2 is 2.40 bits per heavy atom. The molecule has 15 heavy (non-hydrogen) atoms. The second-order valence-corrected chi connectivity index (χ2v) is 5.32. The molecule has 2 unspecified atom stereocenters. The van der Waals surface area contributed by atoms with Gasteiger partial charge in [-0.3, -0.25) is 4.21 Å². The average Bonchev–Trinajstić information content (AvgIpc) is 2.64. The SMILES string of the molecule is CC(Cc1ccco1)NCCCS(C)=O. The minimum absolute atomic E-state index is 0.404. The third-order valence-corrected chi connectivity index (χ3v) is 3.05. The van der Waals surface area contributed by atoms with Crippen molar-refractivity contribution in [3.63, 3.8) is 0 Å². The molecule has 3 nitrogen and oxygen atoms in total. The molecule has 1 N–H and O–H groups in total. The maximum atomic E-state index is 10.8. The van der Waals surface area contributed by atoms with E-state index in [-0.39, 0.29) is 0 Å². The molecule has 1 aromatic rings. The van der Waals surface area contributed by atoms with Gasteiger partial charge in [0.2, 0.25) is 0 Å². The van der Waals surface area contributed by atoms with Crippen molar-refractivity contribution in [3.05, 3.63) is 24.2 Å². The van der Waals surface area contributed by atoms with Crippen LogP contribution in [0.25, 0.3) is 0 Å². The molecule has 86 valence electrons. The Labute approximate surface area is 93.7 Å². The smallest absolute Gasteiger partial charge is 0.105 e. The Hall–Kier alpha value is -0.610. The van der Waals surface area contributed by atoms with Crippen LogP contribution in [0.4, 0.5) is 0 Å². The second kappa shape index (κ2) is 6.80. The molecule has 0 fully saturated rings. The summed E-state index contributed by atoms with van der Waals surface area (Å²) in [6.45, 7) is 3.05. The van der Waals surface area contributed by atoms with Gasteiger partial charge in [0.25, 0.3) is 0 Å². The predicted molar refractivity (Wildman–Crippen MR) is 63.4 cm³/mol. The van der Waals surface area contributed by atoms with Crippen LogP contribution < -0.4 is 5.32 Å². The lowest BCUT2D eigenvalue weighted by Gasteiger charge is -2.11. The third-order valence-electron chi connectivity index (χ3n) is 2.19. The molecule has 0 aliphatic heterocycles. The van der Waals surface area contributed by atoms with E-state index in [9.17, 15) is 4.21 Å². The summed E-state index contributed by atoms with van der Waals surface area (Å²) >= 11 is 0. The molecule has 0 bridgehead atoms. The fourth-order valence-electron chi connectivity index (χ4n) is 1.43. The number of hydrogen-bond donors (Lipinski definition) is 1. The van der Waals surface area contributed by atoms with E-state index in [1.807, 2.05) is 12.1 Å². The lowest BCUT2D eigenvalue weighted by molar-refractivity contribution is 0.457. The lowest BCUT2D eigenvalue weighted by Crippen LogP contribution is -2.29. The van der Waals surface area contributed by atoms with E-state index in [4.69, 9.17) is 4.42 Å². The minimum atomic E-state index is -0.670. The van der Waals surface area contributed by atoms with E-state index in [1.54, 1.807) is 12.5 Å². The van der Waals surface area contributed by atoms with E-state index >= 15 is 0 Å². The first-order valence-corrected chi connectivity index (χ1v) is 6.97. The van der Waals surface area contributed by atoms with Crippen molar-refractivity contribution in [2.24, 2.45) is 0 Å². The highest BCUT2D eigenvalue weighted by molar-refractivity contribution is 7.84. The maximum Gasteiger partial charge on any atom is 0.105 e. The molecule has 1 heterocycles. The Bertz CT molecular complexity index is 285. The number of furan rings is 1. The van der Waals surface area contributed by atoms with Crippen molar-refractivity contribution in [3.8, 4) is 0 Å². The van der Waals surface area contributed by atoms with Crippen LogP contribution >= 0.6 is 0 Å². The Balaban J connectivity index is 2.08. The highest BCUT2D eigenvalue weighted by atomic mass is 32.2. The standard InChI is InChI=1S/C11H19NO2S/c1-10(9-11-5-3-7-14-11)12-6-4-8-15(2)13/h3,5,7,10,12H,4,6,8-9H2,1-2H3. The van der Waals surface area contributed by atoms with Crippen molar-refractivity contribution in [2.45, 2.75) is 25.8 Å². The molecule has 0 aromatic carbocycles. The summed E-state index contributed by atoms with van der Waals surface area (Å²) in [6.07, 6.45) is 5.31.